The first kappa shape index (κ1) is 22.0. The number of anilines is 1. The number of amides is 1. The second-order valence-electron chi connectivity index (χ2n) is 7.41. The average Bonchev–Trinajstić information content (AvgIpc) is 3.31. The van der Waals surface area contributed by atoms with Crippen LogP contribution >= 0.6 is 0 Å². The van der Waals surface area contributed by atoms with Crippen molar-refractivity contribution in [1.29, 1.82) is 0 Å². The van der Waals surface area contributed by atoms with E-state index in [1.165, 1.54) is 11.3 Å². The lowest BCUT2D eigenvalue weighted by atomic mass is 9.91. The molecule has 162 valence electrons. The van der Waals surface area contributed by atoms with Gasteiger partial charge in [0.1, 0.15) is 0 Å². The first-order chi connectivity index (χ1) is 14.2. The number of hydrogen-bond acceptors (Lipinski definition) is 5. The van der Waals surface area contributed by atoms with Crippen LogP contribution in [0.25, 0.3) is 10.9 Å². The summed E-state index contributed by atoms with van der Waals surface area (Å²) in [6, 6.07) is 6.40. The molecule has 1 unspecified atom stereocenters. The molecule has 1 atom stereocenters. The Bertz CT molecular complexity index is 1100. The molecule has 0 fully saturated rings. The summed E-state index contributed by atoms with van der Waals surface area (Å²) >= 11 is 0. The van der Waals surface area contributed by atoms with Gasteiger partial charge < -0.3 is 15.6 Å². The van der Waals surface area contributed by atoms with Gasteiger partial charge in [0.05, 0.1) is 18.1 Å². The minimum Gasteiger partial charge on any atom is -0.358 e. The van der Waals surface area contributed by atoms with Crippen LogP contribution in [0.3, 0.4) is 0 Å². The number of aromatic nitrogens is 3. The zero-order valence-electron chi connectivity index (χ0n) is 17.0. The van der Waals surface area contributed by atoms with Gasteiger partial charge in [-0.05, 0) is 56.0 Å². The lowest BCUT2D eigenvalue weighted by Gasteiger charge is -2.23. The number of aryl methyl sites for hydroxylation is 1. The van der Waals surface area contributed by atoms with Crippen LogP contribution in [0.1, 0.15) is 41.4 Å². The van der Waals surface area contributed by atoms with E-state index >= 15 is 0 Å². The number of rotatable bonds is 5. The highest BCUT2D eigenvalue weighted by atomic mass is 32.2. The predicted molar refractivity (Wildman–Crippen MR) is 116 cm³/mol. The van der Waals surface area contributed by atoms with Crippen molar-refractivity contribution in [2.75, 3.05) is 18.1 Å². The summed E-state index contributed by atoms with van der Waals surface area (Å²) in [4.78, 5) is 16.0. The van der Waals surface area contributed by atoms with Gasteiger partial charge in [-0.3, -0.25) is 14.4 Å². The van der Waals surface area contributed by atoms with E-state index in [-0.39, 0.29) is 5.91 Å². The van der Waals surface area contributed by atoms with Crippen LogP contribution in [0.2, 0.25) is 0 Å². The topological polar surface area (TPSA) is 140 Å². The van der Waals surface area contributed by atoms with Crippen molar-refractivity contribution in [3.8, 4) is 0 Å². The van der Waals surface area contributed by atoms with Crippen LogP contribution in [0.5, 0.6) is 0 Å². The maximum absolute atomic E-state index is 12.5. The maximum Gasteiger partial charge on any atom is 0.261 e. The third kappa shape index (κ3) is 5.91. The molecule has 9 nitrogen and oxygen atoms in total. The first-order valence-electron chi connectivity index (χ1n) is 9.84. The maximum atomic E-state index is 12.5. The van der Waals surface area contributed by atoms with Gasteiger partial charge in [0.25, 0.3) is 16.0 Å². The molecule has 2 aromatic heterocycles. The zero-order valence-corrected chi connectivity index (χ0v) is 17.8. The van der Waals surface area contributed by atoms with Crippen LogP contribution < -0.4 is 10.6 Å². The lowest BCUT2D eigenvalue weighted by molar-refractivity contribution is 0.102. The molecule has 10 heteroatoms. The Labute approximate surface area is 175 Å². The zero-order chi connectivity index (χ0) is 21.7. The summed E-state index contributed by atoms with van der Waals surface area (Å²) in [6.45, 7) is 3.25. The Balaban J connectivity index is 0.000000461. The average molecular weight is 434 g/mol. The van der Waals surface area contributed by atoms with E-state index in [0.717, 1.165) is 43.1 Å². The Morgan fingerprint density at radius 2 is 2.13 bits per heavy atom. The molecule has 1 aliphatic rings. The number of H-pyrrole nitrogens is 2. The smallest absolute Gasteiger partial charge is 0.261 e. The highest BCUT2D eigenvalue weighted by Gasteiger charge is 2.22. The fourth-order valence-electron chi connectivity index (χ4n) is 3.60. The molecule has 0 saturated carbocycles. The van der Waals surface area contributed by atoms with E-state index in [1.807, 2.05) is 18.2 Å². The molecule has 0 spiro atoms. The van der Waals surface area contributed by atoms with Gasteiger partial charge in [0.15, 0.2) is 0 Å². The number of nitrogens with zero attached hydrogens (tertiary/aromatic N) is 1. The van der Waals surface area contributed by atoms with E-state index in [2.05, 4.69) is 32.7 Å². The molecular weight excluding hydrogens is 406 g/mol. The lowest BCUT2D eigenvalue weighted by Crippen LogP contribution is -2.34. The first-order valence-corrected chi connectivity index (χ1v) is 11.7. The minimum absolute atomic E-state index is 0.116. The normalized spacial score (nSPS) is 15.9. The molecule has 3 aromatic rings. The van der Waals surface area contributed by atoms with Crippen molar-refractivity contribution in [3.63, 3.8) is 0 Å². The van der Waals surface area contributed by atoms with E-state index in [1.54, 1.807) is 12.4 Å². The Hall–Kier alpha value is -2.69. The van der Waals surface area contributed by atoms with Crippen LogP contribution in [0.15, 0.2) is 30.6 Å². The minimum atomic E-state index is -3.67. The molecule has 0 saturated heterocycles. The SMILES string of the molecule is CCCNC1CCc2[nH]c3ccc(C(=O)Nc4cn[nH]c4)cc3c2C1.CS(=O)(=O)O. The summed E-state index contributed by atoms with van der Waals surface area (Å²) < 4.78 is 25.9. The quantitative estimate of drug-likeness (QED) is 0.392. The van der Waals surface area contributed by atoms with E-state index < -0.39 is 10.1 Å². The van der Waals surface area contributed by atoms with Crippen molar-refractivity contribution in [2.45, 2.75) is 38.6 Å². The summed E-state index contributed by atoms with van der Waals surface area (Å²) in [6.07, 6.45) is 8.36. The van der Waals surface area contributed by atoms with E-state index in [9.17, 15) is 13.2 Å². The molecule has 0 bridgehead atoms. The molecule has 1 amide bonds. The highest BCUT2D eigenvalue weighted by molar-refractivity contribution is 7.85. The largest absolute Gasteiger partial charge is 0.358 e. The summed E-state index contributed by atoms with van der Waals surface area (Å²) in [5.74, 6) is -0.116. The van der Waals surface area contributed by atoms with Crippen LogP contribution in [0, 0.1) is 0 Å². The summed E-state index contributed by atoms with van der Waals surface area (Å²) in [5, 5.41) is 14.2. The third-order valence-electron chi connectivity index (χ3n) is 4.89. The van der Waals surface area contributed by atoms with Crippen LogP contribution in [0.4, 0.5) is 5.69 Å². The highest BCUT2D eigenvalue weighted by Crippen LogP contribution is 2.30. The number of nitrogens with one attached hydrogen (secondary N) is 4. The van der Waals surface area contributed by atoms with Gasteiger partial charge in [-0.25, -0.2) is 0 Å². The molecule has 5 N–H and O–H groups in total. The standard InChI is InChI=1S/C19H23N5O.CH4O3S/c1-2-7-20-13-4-6-18-16(9-13)15-8-12(3-5-17(15)24-18)19(25)23-14-10-21-22-11-14;1-5(2,3)4/h3,5,8,10-11,13,20,24H,2,4,6-7,9H2,1H3,(H,21,22)(H,23,25);1H3,(H,2,3,4). The molecule has 1 aliphatic carbocycles. The summed E-state index contributed by atoms with van der Waals surface area (Å²) in [7, 11) is -3.67. The summed E-state index contributed by atoms with van der Waals surface area (Å²) in [5.41, 5.74) is 5.12. The van der Waals surface area contributed by atoms with E-state index in [4.69, 9.17) is 4.55 Å². The number of hydrogen-bond donors (Lipinski definition) is 5. The number of benzene rings is 1. The van der Waals surface area contributed by atoms with Crippen LogP contribution in [-0.2, 0) is 23.0 Å². The van der Waals surface area contributed by atoms with Crippen molar-refractivity contribution in [1.82, 2.24) is 20.5 Å². The second kappa shape index (κ2) is 9.41. The van der Waals surface area contributed by atoms with Gasteiger partial charge in [-0.15, -0.1) is 0 Å². The molecule has 30 heavy (non-hydrogen) atoms. The number of aromatic amines is 2. The third-order valence-corrected chi connectivity index (χ3v) is 4.89. The molecule has 4 rings (SSSR count). The molecule has 1 aromatic carbocycles. The Morgan fingerprint density at radius 3 is 2.80 bits per heavy atom. The van der Waals surface area contributed by atoms with Gasteiger partial charge in [0, 0.05) is 34.4 Å². The Kier molecular flexibility index (Phi) is 6.91. The molecule has 0 radical (unpaired) electrons. The van der Waals surface area contributed by atoms with Gasteiger partial charge in [-0.2, -0.15) is 13.5 Å². The van der Waals surface area contributed by atoms with Gasteiger partial charge in [0.2, 0.25) is 0 Å². The number of carbonyl (C=O) groups excluding carboxylic acids is 1. The van der Waals surface area contributed by atoms with E-state index in [0.29, 0.717) is 23.5 Å². The monoisotopic (exact) mass is 433 g/mol. The predicted octanol–water partition coefficient (Wildman–Crippen LogP) is 2.50. The number of fused-ring (bicyclic) bond motifs is 3. The molecule has 0 aliphatic heterocycles. The van der Waals surface area contributed by atoms with Gasteiger partial charge >= 0.3 is 0 Å². The van der Waals surface area contributed by atoms with Crippen molar-refractivity contribution in [3.05, 3.63) is 47.4 Å². The van der Waals surface area contributed by atoms with Crippen LogP contribution in [-0.4, -0.2) is 52.9 Å². The Morgan fingerprint density at radius 1 is 1.37 bits per heavy atom. The van der Waals surface area contributed by atoms with Crippen molar-refractivity contribution >= 4 is 32.6 Å². The molecular formula is C20H27N5O4S. The fraction of sp³-hybridized carbons (Fsp3) is 0.400. The van der Waals surface area contributed by atoms with Gasteiger partial charge in [-0.1, -0.05) is 6.92 Å². The number of carbonyl (C=O) groups is 1. The fourth-order valence-corrected chi connectivity index (χ4v) is 3.60. The molecule has 2 heterocycles. The second-order valence-corrected chi connectivity index (χ2v) is 8.88. The van der Waals surface area contributed by atoms with Crippen molar-refractivity contribution < 1.29 is 17.8 Å². The van der Waals surface area contributed by atoms with Crippen molar-refractivity contribution in [2.24, 2.45) is 0 Å².